The lowest BCUT2D eigenvalue weighted by molar-refractivity contribution is -0.160. The molecule has 7 heteroatoms. The van der Waals surface area contributed by atoms with Crippen LogP contribution in [0.2, 0.25) is 0 Å². The Morgan fingerprint density at radius 2 is 1.39 bits per heavy atom. The molecule has 1 saturated heterocycles. The monoisotopic (exact) mass is 567 g/mol. The summed E-state index contributed by atoms with van der Waals surface area (Å²) in [6.07, 6.45) is 10.6. The van der Waals surface area contributed by atoms with E-state index >= 15 is 0 Å². The third-order valence-corrected chi connectivity index (χ3v) is 13.2. The minimum Gasteiger partial charge on any atom is -0.461 e. The first-order chi connectivity index (χ1) is 18.9. The standard InChI is InChI=1S/C34H49NO6/c1-30(2,3)41-29(38)35-22-10-11-23(35)27(28(37)40-25-17-20-13-15-34(25,9)32(20,6)7)21(22)18-26(36)39-24-16-19-12-14-33(24,8)31(19,4)5/h10-11,18-20,22-25,27H,12-17H2,1-9H3/b21-18-/t19?,20-,22?,23+,24?,25-,27?,33?,34-/m1/s1. The molecule has 6 rings (SSSR count). The van der Waals surface area contributed by atoms with E-state index in [2.05, 4.69) is 41.5 Å². The van der Waals surface area contributed by atoms with Crippen molar-refractivity contribution in [2.75, 3.05) is 0 Å². The number of fused-ring (bicyclic) bond motifs is 6. The lowest BCUT2D eigenvalue weighted by Gasteiger charge is -2.39. The molecule has 9 atom stereocenters. The van der Waals surface area contributed by atoms with Crippen LogP contribution in [0.15, 0.2) is 23.8 Å². The number of amides is 1. The van der Waals surface area contributed by atoms with E-state index in [0.717, 1.165) is 32.1 Å². The Bertz CT molecular complexity index is 1220. The van der Waals surface area contributed by atoms with E-state index in [4.69, 9.17) is 14.2 Å². The molecule has 226 valence electrons. The van der Waals surface area contributed by atoms with Gasteiger partial charge in [-0.05, 0) is 87.5 Å². The molecule has 0 spiro atoms. The summed E-state index contributed by atoms with van der Waals surface area (Å²) in [5.74, 6) is -0.493. The molecular formula is C34H49NO6. The summed E-state index contributed by atoms with van der Waals surface area (Å²) in [7, 11) is 0. The average Bonchev–Trinajstić information content (AvgIpc) is 3.60. The second-order valence-electron chi connectivity index (χ2n) is 16.4. The average molecular weight is 568 g/mol. The van der Waals surface area contributed by atoms with Gasteiger partial charge in [0.2, 0.25) is 0 Å². The lowest BCUT2D eigenvalue weighted by atomic mass is 9.70. The van der Waals surface area contributed by atoms with Gasteiger partial charge in [0.25, 0.3) is 0 Å². The summed E-state index contributed by atoms with van der Waals surface area (Å²) in [5, 5.41) is 0. The van der Waals surface area contributed by atoms with Crippen LogP contribution in [0, 0.1) is 39.4 Å². The number of carbonyl (C=O) groups excluding carboxylic acids is 3. The Morgan fingerprint density at radius 1 is 0.854 bits per heavy atom. The van der Waals surface area contributed by atoms with Crippen LogP contribution >= 0.6 is 0 Å². The maximum atomic E-state index is 14.0. The van der Waals surface area contributed by atoms with Gasteiger partial charge in [0.1, 0.15) is 23.7 Å². The van der Waals surface area contributed by atoms with Gasteiger partial charge in [-0.25, -0.2) is 9.59 Å². The van der Waals surface area contributed by atoms with Gasteiger partial charge in [0, 0.05) is 16.9 Å². The van der Waals surface area contributed by atoms with E-state index in [0.29, 0.717) is 17.4 Å². The van der Waals surface area contributed by atoms with Gasteiger partial charge in [-0.1, -0.05) is 53.7 Å². The molecule has 5 unspecified atom stereocenters. The molecule has 0 radical (unpaired) electrons. The Balaban J connectivity index is 1.27. The van der Waals surface area contributed by atoms with Crippen molar-refractivity contribution < 1.29 is 28.6 Å². The van der Waals surface area contributed by atoms with Crippen LogP contribution in [0.25, 0.3) is 0 Å². The second-order valence-corrected chi connectivity index (χ2v) is 16.4. The summed E-state index contributed by atoms with van der Waals surface area (Å²) in [5.41, 5.74) is -0.0552. The SMILES string of the molecule is CC(C)(C)OC(=O)N1C2C=C[C@H]1C(C(=O)O[C@@H]1C[C@H]3CC[C@@]1(C)C3(C)C)/C2=C\C(=O)OC1CC2CCC1(C)C2(C)C. The van der Waals surface area contributed by atoms with Crippen LogP contribution in [-0.2, 0) is 23.8 Å². The van der Waals surface area contributed by atoms with Crippen molar-refractivity contribution in [3.05, 3.63) is 23.8 Å². The molecule has 4 aliphatic carbocycles. The zero-order chi connectivity index (χ0) is 29.9. The Hall–Kier alpha value is -2.31. The molecule has 41 heavy (non-hydrogen) atoms. The lowest BCUT2D eigenvalue weighted by Crippen LogP contribution is -2.43. The Morgan fingerprint density at radius 3 is 1.85 bits per heavy atom. The molecule has 4 saturated carbocycles. The zero-order valence-electron chi connectivity index (χ0n) is 26.4. The van der Waals surface area contributed by atoms with Crippen molar-refractivity contribution in [3.63, 3.8) is 0 Å². The first-order valence-electron chi connectivity index (χ1n) is 15.7. The largest absolute Gasteiger partial charge is 0.461 e. The van der Waals surface area contributed by atoms with E-state index in [-0.39, 0.29) is 39.8 Å². The third kappa shape index (κ3) is 3.99. The van der Waals surface area contributed by atoms with Crippen LogP contribution in [0.1, 0.15) is 101 Å². The predicted molar refractivity (Wildman–Crippen MR) is 155 cm³/mol. The minimum absolute atomic E-state index is 0.0642. The topological polar surface area (TPSA) is 82.1 Å². The number of carbonyl (C=O) groups is 3. The van der Waals surface area contributed by atoms with Crippen molar-refractivity contribution in [1.82, 2.24) is 4.90 Å². The molecule has 2 aliphatic heterocycles. The molecular weight excluding hydrogens is 518 g/mol. The Kier molecular flexibility index (Phi) is 6.22. The second kappa shape index (κ2) is 8.86. The number of ether oxygens (including phenoxy) is 3. The highest BCUT2D eigenvalue weighted by Gasteiger charge is 2.65. The van der Waals surface area contributed by atoms with E-state index in [9.17, 15) is 14.4 Å². The van der Waals surface area contributed by atoms with Crippen LogP contribution in [0.4, 0.5) is 4.79 Å². The van der Waals surface area contributed by atoms with E-state index < -0.39 is 35.7 Å². The van der Waals surface area contributed by atoms with Gasteiger partial charge in [-0.2, -0.15) is 0 Å². The number of nitrogens with zero attached hydrogens (tertiary/aromatic N) is 1. The number of hydrogen-bond acceptors (Lipinski definition) is 6. The normalized spacial score (nSPS) is 43.7. The van der Waals surface area contributed by atoms with Crippen LogP contribution in [0.3, 0.4) is 0 Å². The first kappa shape index (κ1) is 28.8. The molecule has 0 aromatic rings. The summed E-state index contributed by atoms with van der Waals surface area (Å²) in [6.45, 7) is 19.1. The van der Waals surface area contributed by atoms with Crippen molar-refractivity contribution in [1.29, 1.82) is 0 Å². The molecule has 0 aromatic heterocycles. The first-order valence-corrected chi connectivity index (χ1v) is 15.7. The van der Waals surface area contributed by atoms with Crippen LogP contribution in [-0.4, -0.2) is 52.8 Å². The van der Waals surface area contributed by atoms with E-state index in [1.165, 1.54) is 12.5 Å². The molecule has 6 bridgehead atoms. The highest BCUT2D eigenvalue weighted by atomic mass is 16.6. The highest BCUT2D eigenvalue weighted by Crippen LogP contribution is 2.67. The number of hydrogen-bond donors (Lipinski definition) is 0. The molecule has 7 nitrogen and oxygen atoms in total. The van der Waals surface area contributed by atoms with Gasteiger partial charge in [-0.15, -0.1) is 0 Å². The molecule has 1 amide bonds. The van der Waals surface area contributed by atoms with E-state index in [1.807, 2.05) is 32.9 Å². The van der Waals surface area contributed by atoms with Gasteiger partial charge >= 0.3 is 18.0 Å². The smallest absolute Gasteiger partial charge is 0.411 e. The van der Waals surface area contributed by atoms with Crippen molar-refractivity contribution >= 4 is 18.0 Å². The van der Waals surface area contributed by atoms with Gasteiger partial charge in [0.15, 0.2) is 0 Å². The van der Waals surface area contributed by atoms with Crippen molar-refractivity contribution in [2.24, 2.45) is 39.4 Å². The molecule has 2 heterocycles. The summed E-state index contributed by atoms with van der Waals surface area (Å²) >= 11 is 0. The zero-order valence-corrected chi connectivity index (χ0v) is 26.4. The number of esters is 2. The maximum Gasteiger partial charge on any atom is 0.411 e. The molecule has 0 aromatic carbocycles. The summed E-state index contributed by atoms with van der Waals surface area (Å²) in [6, 6.07) is -1.10. The van der Waals surface area contributed by atoms with Crippen molar-refractivity contribution in [2.45, 2.75) is 131 Å². The van der Waals surface area contributed by atoms with Gasteiger partial charge < -0.3 is 14.2 Å². The summed E-state index contributed by atoms with van der Waals surface area (Å²) in [4.78, 5) is 42.5. The highest BCUT2D eigenvalue weighted by molar-refractivity contribution is 5.89. The quantitative estimate of drug-likeness (QED) is 0.165. The maximum absolute atomic E-state index is 14.0. The Labute approximate surface area is 245 Å². The van der Waals surface area contributed by atoms with Gasteiger partial charge in [-0.3, -0.25) is 9.69 Å². The molecule has 6 aliphatic rings. The van der Waals surface area contributed by atoms with Gasteiger partial charge in [0.05, 0.1) is 12.1 Å². The van der Waals surface area contributed by atoms with E-state index in [1.54, 1.807) is 4.90 Å². The predicted octanol–water partition coefficient (Wildman–Crippen LogP) is 6.60. The molecule has 5 fully saturated rings. The van der Waals surface area contributed by atoms with Crippen LogP contribution < -0.4 is 0 Å². The van der Waals surface area contributed by atoms with Crippen molar-refractivity contribution in [3.8, 4) is 0 Å². The fraction of sp³-hybridized carbons (Fsp3) is 0.794. The molecule has 0 N–H and O–H groups in total. The third-order valence-electron chi connectivity index (χ3n) is 13.2. The van der Waals surface area contributed by atoms with Crippen LogP contribution in [0.5, 0.6) is 0 Å². The number of rotatable bonds is 4. The minimum atomic E-state index is -0.761. The summed E-state index contributed by atoms with van der Waals surface area (Å²) < 4.78 is 18.2. The fourth-order valence-corrected chi connectivity index (χ4v) is 9.66. The fourth-order valence-electron chi connectivity index (χ4n) is 9.66.